The summed E-state index contributed by atoms with van der Waals surface area (Å²) in [5, 5.41) is 6.90. The van der Waals surface area contributed by atoms with Crippen LogP contribution in [0.15, 0.2) is 199 Å². The van der Waals surface area contributed by atoms with Crippen molar-refractivity contribution < 1.29 is 4.42 Å². The van der Waals surface area contributed by atoms with Gasteiger partial charge in [0.25, 0.3) is 0 Å². The zero-order chi connectivity index (χ0) is 37.5. The van der Waals surface area contributed by atoms with Gasteiger partial charge in [0.2, 0.25) is 0 Å². The molecule has 0 unspecified atom stereocenters. The molecule has 0 radical (unpaired) electrons. The molecular formula is C52H32N4O. The summed E-state index contributed by atoms with van der Waals surface area (Å²) >= 11 is 0. The van der Waals surface area contributed by atoms with Crippen LogP contribution >= 0.6 is 0 Å². The molecule has 5 nitrogen and oxygen atoms in total. The van der Waals surface area contributed by atoms with E-state index >= 15 is 0 Å². The summed E-state index contributed by atoms with van der Waals surface area (Å²) in [6, 6.07) is 68.1. The first kappa shape index (κ1) is 31.6. The van der Waals surface area contributed by atoms with E-state index in [4.69, 9.17) is 14.4 Å². The van der Waals surface area contributed by atoms with Gasteiger partial charge in [-0.05, 0) is 66.7 Å². The van der Waals surface area contributed by atoms with Crippen LogP contribution in [0.25, 0.3) is 111 Å². The first-order valence-electron chi connectivity index (χ1n) is 19.3. The van der Waals surface area contributed by atoms with Crippen LogP contribution in [0.4, 0.5) is 0 Å². The summed E-state index contributed by atoms with van der Waals surface area (Å²) in [5.41, 5.74) is 13.2. The van der Waals surface area contributed by atoms with Crippen molar-refractivity contribution in [1.29, 1.82) is 0 Å². The molecule has 0 fully saturated rings. The van der Waals surface area contributed by atoms with Gasteiger partial charge in [-0.1, -0.05) is 127 Å². The molecule has 0 saturated carbocycles. The predicted octanol–water partition coefficient (Wildman–Crippen LogP) is 13.6. The van der Waals surface area contributed by atoms with Crippen LogP contribution < -0.4 is 0 Å². The van der Waals surface area contributed by atoms with Crippen LogP contribution in [-0.4, -0.2) is 19.1 Å². The summed E-state index contributed by atoms with van der Waals surface area (Å²) in [4.78, 5) is 10.3. The number of hydrogen-bond donors (Lipinski definition) is 0. The molecule has 0 atom stereocenters. The summed E-state index contributed by atoms with van der Waals surface area (Å²) < 4.78 is 11.6. The van der Waals surface area contributed by atoms with Gasteiger partial charge in [-0.15, -0.1) is 0 Å². The fourth-order valence-corrected chi connectivity index (χ4v) is 8.83. The second-order valence-corrected chi connectivity index (χ2v) is 14.6. The van der Waals surface area contributed by atoms with Crippen LogP contribution in [0, 0.1) is 0 Å². The lowest BCUT2D eigenvalue weighted by Gasteiger charge is -2.12. The van der Waals surface area contributed by atoms with Crippen LogP contribution in [0.2, 0.25) is 0 Å². The van der Waals surface area contributed by atoms with Crippen molar-refractivity contribution in [3.8, 4) is 45.3 Å². The number of nitrogens with zero attached hydrogens (tertiary/aromatic N) is 4. The summed E-state index contributed by atoms with van der Waals surface area (Å²) in [6.07, 6.45) is 0. The largest absolute Gasteiger partial charge is 0.455 e. The van der Waals surface area contributed by atoms with Crippen molar-refractivity contribution in [1.82, 2.24) is 19.1 Å². The van der Waals surface area contributed by atoms with Crippen molar-refractivity contribution in [3.05, 3.63) is 194 Å². The average Bonchev–Trinajstić information content (AvgIpc) is 3.95. The van der Waals surface area contributed by atoms with Crippen LogP contribution in [0.5, 0.6) is 0 Å². The number of benzene rings is 8. The number of para-hydroxylation sites is 3. The van der Waals surface area contributed by atoms with Crippen molar-refractivity contribution in [2.45, 2.75) is 0 Å². The van der Waals surface area contributed by atoms with Crippen molar-refractivity contribution in [3.63, 3.8) is 0 Å². The molecule has 266 valence electrons. The second kappa shape index (κ2) is 12.4. The molecule has 0 aliphatic carbocycles. The van der Waals surface area contributed by atoms with Gasteiger partial charge in [0.1, 0.15) is 11.2 Å². The minimum atomic E-state index is 0.679. The van der Waals surface area contributed by atoms with E-state index in [-0.39, 0.29) is 0 Å². The quantitative estimate of drug-likeness (QED) is 0.177. The second-order valence-electron chi connectivity index (χ2n) is 14.6. The molecule has 0 N–H and O–H groups in total. The first-order chi connectivity index (χ1) is 28.3. The lowest BCUT2D eigenvalue weighted by atomic mass is 10.0. The molecule has 4 heterocycles. The molecule has 57 heavy (non-hydrogen) atoms. The maximum absolute atomic E-state index is 6.79. The molecule has 0 aliphatic rings. The van der Waals surface area contributed by atoms with E-state index in [9.17, 15) is 0 Å². The molecule has 0 spiro atoms. The maximum atomic E-state index is 6.79. The van der Waals surface area contributed by atoms with Gasteiger partial charge >= 0.3 is 0 Å². The third-order valence-corrected chi connectivity index (χ3v) is 11.3. The standard InChI is InChI=1S/C52H32N4O/c1-4-15-33(16-5-1)41-32-42(34-17-6-2-7-18-34)54-52(53-41)35-19-14-22-37(31-35)56-43-25-12-10-24-40(43)48-44(56)29-30-45-49(48)50-46(55(45)36-20-8-3-9-21-36)28-27-39-38-23-11-13-26-47(38)57-51(39)50/h1-32H. The lowest BCUT2D eigenvalue weighted by molar-refractivity contribution is 0.673. The van der Waals surface area contributed by atoms with Gasteiger partial charge in [-0.2, -0.15) is 0 Å². The van der Waals surface area contributed by atoms with E-state index in [0.717, 1.165) is 88.8 Å². The zero-order valence-corrected chi connectivity index (χ0v) is 30.7. The highest BCUT2D eigenvalue weighted by Gasteiger charge is 2.24. The number of fused-ring (bicyclic) bond motifs is 11. The fraction of sp³-hybridized carbons (Fsp3) is 0. The Hall–Kier alpha value is -7.76. The first-order valence-corrected chi connectivity index (χ1v) is 19.3. The normalized spacial score (nSPS) is 11.9. The van der Waals surface area contributed by atoms with E-state index in [0.29, 0.717) is 5.82 Å². The Labute approximate surface area is 327 Å². The average molecular weight is 729 g/mol. The topological polar surface area (TPSA) is 48.8 Å². The van der Waals surface area contributed by atoms with Crippen LogP contribution in [-0.2, 0) is 0 Å². The fourth-order valence-electron chi connectivity index (χ4n) is 8.83. The molecule has 12 rings (SSSR count). The lowest BCUT2D eigenvalue weighted by Crippen LogP contribution is -1.98. The third-order valence-electron chi connectivity index (χ3n) is 11.3. The van der Waals surface area contributed by atoms with E-state index < -0.39 is 0 Å². The Kier molecular flexibility index (Phi) is 6.86. The number of aromatic nitrogens is 4. The highest BCUT2D eigenvalue weighted by molar-refractivity contribution is 6.34. The van der Waals surface area contributed by atoms with E-state index in [1.54, 1.807) is 0 Å². The Morgan fingerprint density at radius 2 is 0.895 bits per heavy atom. The van der Waals surface area contributed by atoms with Gasteiger partial charge in [-0.3, -0.25) is 0 Å². The van der Waals surface area contributed by atoms with Gasteiger partial charge in [0.05, 0.1) is 38.8 Å². The Morgan fingerprint density at radius 1 is 0.351 bits per heavy atom. The molecular weight excluding hydrogens is 697 g/mol. The zero-order valence-electron chi connectivity index (χ0n) is 30.7. The number of rotatable bonds is 5. The Morgan fingerprint density at radius 3 is 1.63 bits per heavy atom. The van der Waals surface area contributed by atoms with Gasteiger partial charge < -0.3 is 13.6 Å². The van der Waals surface area contributed by atoms with Crippen molar-refractivity contribution >= 4 is 65.6 Å². The minimum absolute atomic E-state index is 0.679. The molecule has 8 aromatic carbocycles. The molecule has 12 aromatic rings. The monoisotopic (exact) mass is 728 g/mol. The predicted molar refractivity (Wildman–Crippen MR) is 234 cm³/mol. The van der Waals surface area contributed by atoms with Crippen molar-refractivity contribution in [2.75, 3.05) is 0 Å². The maximum Gasteiger partial charge on any atom is 0.160 e. The van der Waals surface area contributed by atoms with Gasteiger partial charge in [0, 0.05) is 55.0 Å². The van der Waals surface area contributed by atoms with Gasteiger partial charge in [0.15, 0.2) is 5.82 Å². The highest BCUT2D eigenvalue weighted by atomic mass is 16.3. The van der Waals surface area contributed by atoms with Gasteiger partial charge in [-0.25, -0.2) is 9.97 Å². The molecule has 0 amide bonds. The van der Waals surface area contributed by atoms with E-state index in [1.807, 2.05) is 18.2 Å². The van der Waals surface area contributed by atoms with E-state index in [2.05, 4.69) is 185 Å². The summed E-state index contributed by atoms with van der Waals surface area (Å²) in [7, 11) is 0. The Bertz CT molecular complexity index is 3450. The third kappa shape index (κ3) is 4.82. The highest BCUT2D eigenvalue weighted by Crippen LogP contribution is 2.46. The molecule has 0 bridgehead atoms. The SMILES string of the molecule is c1ccc(-c2cc(-c3ccccc3)nc(-c3cccc(-n4c5ccccc5c5c6c7c8oc9ccccc9c8ccc7n(-c7ccccc7)c6ccc54)c3)n2)cc1. The smallest absolute Gasteiger partial charge is 0.160 e. The summed E-state index contributed by atoms with van der Waals surface area (Å²) in [5.74, 6) is 0.679. The van der Waals surface area contributed by atoms with Crippen LogP contribution in [0.1, 0.15) is 0 Å². The minimum Gasteiger partial charge on any atom is -0.455 e. The summed E-state index contributed by atoms with van der Waals surface area (Å²) in [6.45, 7) is 0. The molecule has 4 aromatic heterocycles. The Balaban J connectivity index is 1.15. The molecule has 5 heteroatoms. The number of furan rings is 1. The van der Waals surface area contributed by atoms with E-state index in [1.165, 1.54) is 16.2 Å². The molecule has 0 saturated heterocycles. The van der Waals surface area contributed by atoms with Crippen LogP contribution in [0.3, 0.4) is 0 Å². The molecule has 0 aliphatic heterocycles. The van der Waals surface area contributed by atoms with Crippen molar-refractivity contribution in [2.24, 2.45) is 0 Å². The number of hydrogen-bond acceptors (Lipinski definition) is 3.